The molecule has 0 saturated carbocycles. The van der Waals surface area contributed by atoms with E-state index in [9.17, 15) is 0 Å². The van der Waals surface area contributed by atoms with Gasteiger partial charge in [0, 0.05) is 22.6 Å². The quantitative estimate of drug-likeness (QED) is 0.722. The maximum atomic E-state index is 5.34. The predicted octanol–water partition coefficient (Wildman–Crippen LogP) is 4.92. The molecule has 3 nitrogen and oxygen atoms in total. The molecule has 3 aromatic carbocycles. The Hall–Kier alpha value is -2.94. The highest BCUT2D eigenvalue weighted by Crippen LogP contribution is 2.49. The summed E-state index contributed by atoms with van der Waals surface area (Å²) in [6, 6.07) is 26.5. The first-order valence-electron chi connectivity index (χ1n) is 8.72. The topological polar surface area (TPSA) is 24.5 Å². The van der Waals surface area contributed by atoms with Gasteiger partial charge in [0.15, 0.2) is 0 Å². The van der Waals surface area contributed by atoms with Crippen molar-refractivity contribution in [1.82, 2.24) is 0 Å². The van der Waals surface area contributed by atoms with Crippen LogP contribution in [-0.4, -0.2) is 13.2 Å². The normalized spacial score (nSPS) is 20.3. The summed E-state index contributed by atoms with van der Waals surface area (Å²) in [5.41, 5.74) is 6.51. The molecule has 0 bridgehead atoms. The van der Waals surface area contributed by atoms with Gasteiger partial charge in [-0.25, -0.2) is 0 Å². The zero-order chi connectivity index (χ0) is 16.8. The molecule has 0 amide bonds. The maximum Gasteiger partial charge on any atom is 0.119 e. The van der Waals surface area contributed by atoms with Crippen molar-refractivity contribution in [3.63, 3.8) is 0 Å². The molecule has 124 valence electrons. The summed E-state index contributed by atoms with van der Waals surface area (Å²) >= 11 is 0. The molecule has 2 atom stereocenters. The fraction of sp³-hybridized carbons (Fsp3) is 0.182. The molecular formula is C22H20N2O. The molecule has 3 aromatic rings. The smallest absolute Gasteiger partial charge is 0.119 e. The molecule has 2 aliphatic rings. The van der Waals surface area contributed by atoms with Crippen LogP contribution in [0.15, 0.2) is 72.8 Å². The van der Waals surface area contributed by atoms with Crippen molar-refractivity contribution in [1.29, 1.82) is 0 Å². The average Bonchev–Trinajstić information content (AvgIpc) is 3.04. The largest absolute Gasteiger partial charge is 0.497 e. The van der Waals surface area contributed by atoms with Crippen LogP contribution in [0.4, 0.5) is 17.1 Å². The van der Waals surface area contributed by atoms with Gasteiger partial charge in [-0.2, -0.15) is 0 Å². The first-order chi connectivity index (χ1) is 12.3. The number of hydrogen-bond acceptors (Lipinski definition) is 3. The Kier molecular flexibility index (Phi) is 3.20. The summed E-state index contributed by atoms with van der Waals surface area (Å²) in [6.45, 7) is 0. The van der Waals surface area contributed by atoms with E-state index < -0.39 is 0 Å². The van der Waals surface area contributed by atoms with E-state index in [0.717, 1.165) is 12.2 Å². The summed E-state index contributed by atoms with van der Waals surface area (Å²) in [7, 11) is 1.71. The second-order valence-electron chi connectivity index (χ2n) is 6.68. The van der Waals surface area contributed by atoms with Crippen LogP contribution in [0.1, 0.15) is 17.2 Å². The lowest BCUT2D eigenvalue weighted by Gasteiger charge is -2.40. The molecule has 2 aliphatic heterocycles. The number of fused-ring (bicyclic) bond motifs is 4. The van der Waals surface area contributed by atoms with Gasteiger partial charge in [-0.05, 0) is 48.4 Å². The van der Waals surface area contributed by atoms with Crippen molar-refractivity contribution in [3.05, 3.63) is 83.9 Å². The Morgan fingerprint density at radius 1 is 0.920 bits per heavy atom. The molecule has 2 heterocycles. The van der Waals surface area contributed by atoms with Gasteiger partial charge in [0.1, 0.15) is 5.75 Å². The maximum absolute atomic E-state index is 5.34. The Bertz CT molecular complexity index is 919. The van der Waals surface area contributed by atoms with Gasteiger partial charge in [-0.15, -0.1) is 0 Å². The fourth-order valence-electron chi connectivity index (χ4n) is 4.21. The lowest BCUT2D eigenvalue weighted by molar-refractivity contribution is 0.415. The zero-order valence-electron chi connectivity index (χ0n) is 14.1. The van der Waals surface area contributed by atoms with Gasteiger partial charge in [0.25, 0.3) is 0 Å². The van der Waals surface area contributed by atoms with E-state index in [1.165, 1.54) is 28.2 Å². The van der Waals surface area contributed by atoms with Crippen molar-refractivity contribution in [2.24, 2.45) is 0 Å². The van der Waals surface area contributed by atoms with E-state index in [1.54, 1.807) is 7.11 Å². The van der Waals surface area contributed by atoms with Gasteiger partial charge >= 0.3 is 0 Å². The Morgan fingerprint density at radius 3 is 2.52 bits per heavy atom. The zero-order valence-corrected chi connectivity index (χ0v) is 14.1. The van der Waals surface area contributed by atoms with Crippen LogP contribution in [0.5, 0.6) is 5.75 Å². The summed E-state index contributed by atoms with van der Waals surface area (Å²) < 4.78 is 5.34. The fourth-order valence-corrected chi connectivity index (χ4v) is 4.21. The summed E-state index contributed by atoms with van der Waals surface area (Å²) in [5, 5.41) is 3.73. The first-order valence-corrected chi connectivity index (χ1v) is 8.72. The lowest BCUT2D eigenvalue weighted by Crippen LogP contribution is -2.39. The van der Waals surface area contributed by atoms with Gasteiger partial charge < -0.3 is 15.0 Å². The molecule has 3 heteroatoms. The summed E-state index contributed by atoms with van der Waals surface area (Å²) in [6.07, 6.45) is 1.04. The highest BCUT2D eigenvalue weighted by molar-refractivity contribution is 5.75. The Labute approximate surface area is 147 Å². The Balaban J connectivity index is 1.68. The van der Waals surface area contributed by atoms with Crippen LogP contribution < -0.4 is 15.0 Å². The van der Waals surface area contributed by atoms with E-state index >= 15 is 0 Å². The van der Waals surface area contributed by atoms with Crippen molar-refractivity contribution in [2.45, 2.75) is 18.5 Å². The van der Waals surface area contributed by atoms with Crippen LogP contribution in [0.25, 0.3) is 0 Å². The third-order valence-electron chi connectivity index (χ3n) is 5.32. The minimum Gasteiger partial charge on any atom is -0.497 e. The van der Waals surface area contributed by atoms with Crippen LogP contribution in [0.3, 0.4) is 0 Å². The van der Waals surface area contributed by atoms with Crippen molar-refractivity contribution in [2.75, 3.05) is 17.3 Å². The van der Waals surface area contributed by atoms with E-state index in [-0.39, 0.29) is 0 Å². The predicted molar refractivity (Wildman–Crippen MR) is 102 cm³/mol. The Morgan fingerprint density at radius 2 is 1.68 bits per heavy atom. The van der Waals surface area contributed by atoms with Crippen molar-refractivity contribution >= 4 is 17.1 Å². The van der Waals surface area contributed by atoms with E-state index in [0.29, 0.717) is 12.1 Å². The molecule has 0 spiro atoms. The van der Waals surface area contributed by atoms with Crippen LogP contribution in [-0.2, 0) is 6.42 Å². The van der Waals surface area contributed by atoms with Crippen LogP contribution in [0.2, 0.25) is 0 Å². The monoisotopic (exact) mass is 328 g/mol. The van der Waals surface area contributed by atoms with Gasteiger partial charge in [0.05, 0.1) is 19.2 Å². The number of ether oxygens (including phenoxy) is 1. The molecule has 0 aliphatic carbocycles. The number of rotatable bonds is 2. The third-order valence-corrected chi connectivity index (χ3v) is 5.32. The number of hydrogen-bond donors (Lipinski definition) is 1. The van der Waals surface area contributed by atoms with Gasteiger partial charge in [0.2, 0.25) is 0 Å². The van der Waals surface area contributed by atoms with Crippen LogP contribution in [0, 0.1) is 0 Å². The number of nitrogens with zero attached hydrogens (tertiary/aromatic N) is 1. The molecule has 0 unspecified atom stereocenters. The number of anilines is 3. The number of methoxy groups -OCH3 is 1. The van der Waals surface area contributed by atoms with E-state index in [2.05, 4.69) is 70.9 Å². The first kappa shape index (κ1) is 14.4. The average molecular weight is 328 g/mol. The number of benzene rings is 3. The van der Waals surface area contributed by atoms with E-state index in [4.69, 9.17) is 4.74 Å². The van der Waals surface area contributed by atoms with Crippen LogP contribution >= 0.6 is 0 Å². The molecule has 1 N–H and O–H groups in total. The standard InChI is InChI=1S/C22H20N2O/c1-25-17-12-10-16(11-13-17)24-21-9-5-2-6-15(21)14-20-22(24)18-7-3-4-8-19(18)23-20/h2-13,20,22-23H,14H2,1H3/t20-,22+/m0/s1. The highest BCUT2D eigenvalue weighted by Gasteiger charge is 2.41. The lowest BCUT2D eigenvalue weighted by atomic mass is 9.89. The second kappa shape index (κ2) is 5.55. The molecule has 5 rings (SSSR count). The summed E-state index contributed by atoms with van der Waals surface area (Å²) in [5.74, 6) is 0.885. The highest BCUT2D eigenvalue weighted by atomic mass is 16.5. The van der Waals surface area contributed by atoms with Crippen molar-refractivity contribution in [3.8, 4) is 5.75 Å². The SMILES string of the molecule is COc1ccc(N2c3ccccc3C[C@@H]3Nc4ccccc4[C@H]32)cc1. The third kappa shape index (κ3) is 2.19. The molecular weight excluding hydrogens is 308 g/mol. The molecule has 0 radical (unpaired) electrons. The number of para-hydroxylation sites is 2. The molecule has 0 aromatic heterocycles. The second-order valence-corrected chi connectivity index (χ2v) is 6.68. The molecule has 0 saturated heterocycles. The van der Waals surface area contributed by atoms with Gasteiger partial charge in [-0.3, -0.25) is 0 Å². The minimum absolute atomic E-state index is 0.305. The van der Waals surface area contributed by atoms with Gasteiger partial charge in [-0.1, -0.05) is 36.4 Å². The van der Waals surface area contributed by atoms with E-state index in [1.807, 2.05) is 12.1 Å². The minimum atomic E-state index is 0.305. The molecule has 25 heavy (non-hydrogen) atoms. The summed E-state index contributed by atoms with van der Waals surface area (Å²) in [4.78, 5) is 2.47. The number of nitrogens with one attached hydrogen (secondary N) is 1. The van der Waals surface area contributed by atoms with Crippen molar-refractivity contribution < 1.29 is 4.74 Å². The molecule has 0 fully saturated rings.